The van der Waals surface area contributed by atoms with E-state index in [2.05, 4.69) is 166 Å². The number of aliphatic carboxylic acids is 1. The Morgan fingerprint density at radius 3 is 0.828 bits per heavy atom. The van der Waals surface area contributed by atoms with Crippen LogP contribution in [-0.2, 0) is 125 Å². The first-order chi connectivity index (χ1) is 63.2. The summed E-state index contributed by atoms with van der Waals surface area (Å²) in [5.74, 6) is -0.976. The molecule has 0 atom stereocenters. The summed E-state index contributed by atoms with van der Waals surface area (Å²) in [6, 6.07) is 0. The second-order valence-corrected chi connectivity index (χ2v) is 85.4. The maximum absolute atomic E-state index is 12.6. The van der Waals surface area contributed by atoms with E-state index in [1.165, 1.54) is 63.6 Å². The Morgan fingerprint density at radius 1 is 0.373 bits per heavy atom. The second kappa shape index (κ2) is 62.7. The van der Waals surface area contributed by atoms with E-state index in [0.29, 0.717) is 160 Å². The third-order valence-electron chi connectivity index (χ3n) is 18.7. The topological polar surface area (TPSA) is 495 Å². The van der Waals surface area contributed by atoms with E-state index < -0.39 is 41.1 Å². The number of amides is 10. The predicted molar refractivity (Wildman–Crippen MR) is 555 cm³/mol. The summed E-state index contributed by atoms with van der Waals surface area (Å²) in [4.78, 5) is 194. The number of carbonyl (C=O) groups is 13. The van der Waals surface area contributed by atoms with Crippen molar-refractivity contribution in [3.05, 3.63) is 66.4 Å². The van der Waals surface area contributed by atoms with E-state index in [4.69, 9.17) is 40.3 Å². The molecule has 134 heavy (non-hydrogen) atoms. The summed E-state index contributed by atoms with van der Waals surface area (Å²) < 4.78 is 24.9. The van der Waals surface area contributed by atoms with Crippen LogP contribution in [0.2, 0.25) is 0 Å². The summed E-state index contributed by atoms with van der Waals surface area (Å²) in [5.41, 5.74) is 12.9. The first-order valence-corrected chi connectivity index (χ1v) is 70.6. The van der Waals surface area contributed by atoms with Gasteiger partial charge in [0, 0.05) is 157 Å². The number of esters is 2. The van der Waals surface area contributed by atoms with Crippen molar-refractivity contribution in [3.63, 3.8) is 0 Å². The van der Waals surface area contributed by atoms with Crippen molar-refractivity contribution in [1.29, 1.82) is 0 Å². The van der Waals surface area contributed by atoms with Crippen LogP contribution in [0, 0.1) is 0 Å². The van der Waals surface area contributed by atoms with Crippen LogP contribution in [0.4, 0.5) is 45.2 Å². The molecule has 12 heterocycles. The second-order valence-electron chi connectivity index (χ2n) is 33.0. The van der Waals surface area contributed by atoms with Crippen molar-refractivity contribution in [1.82, 2.24) is 74.0 Å². The number of hydrogen-bond donors (Lipinski definition) is 7. The molecule has 53 heteroatoms. The molecule has 0 saturated carbocycles. The number of halogens is 5. The molecule has 10 amide bonds. The number of anilines is 6. The third-order valence-corrected chi connectivity index (χ3v) is 23.3. The van der Waals surface area contributed by atoms with Crippen LogP contribution in [0.3, 0.4) is 0 Å². The van der Waals surface area contributed by atoms with Crippen LogP contribution in [0.5, 0.6) is 0 Å². The number of hydrogen-bond acceptors (Lipinski definition) is 35. The van der Waals surface area contributed by atoms with Gasteiger partial charge in [-0.25, -0.2) is 44.3 Å². The van der Waals surface area contributed by atoms with E-state index in [9.17, 15) is 62.3 Å². The van der Waals surface area contributed by atoms with Crippen molar-refractivity contribution in [2.24, 2.45) is 0 Å². The minimum atomic E-state index is -0.959. The fraction of sp³-hybridized carbons (Fsp3) is 0.617. The zero-order chi connectivity index (χ0) is 99.3. The van der Waals surface area contributed by atoms with Crippen LogP contribution in [-0.4, -0.2) is 324 Å². The van der Waals surface area contributed by atoms with E-state index in [-0.39, 0.29) is 90.3 Å². The molecule has 6 aromatic rings. The Balaban J connectivity index is 0.000000285. The van der Waals surface area contributed by atoms with Crippen LogP contribution in [0.25, 0.3) is 0 Å². The van der Waals surface area contributed by atoms with Gasteiger partial charge in [0.1, 0.15) is 16.8 Å². The number of likely N-dealkylation sites (tertiary alicyclic amines) is 3. The molecule has 0 unspecified atom stereocenters. The number of rotatable bonds is 24. The molecule has 0 radical (unpaired) electrons. The third kappa shape index (κ3) is 51.7. The minimum absolute atomic E-state index is 0.00892. The summed E-state index contributed by atoms with van der Waals surface area (Å²) in [6.45, 7) is 36.5. The fourth-order valence-electron chi connectivity index (χ4n) is 12.8. The monoisotopic (exact) mass is 2620 g/mol. The normalized spacial score (nSPS) is 15.0. The molecular weight excluding hydrogens is 2500 g/mol. The molecule has 0 bridgehead atoms. The van der Waals surface area contributed by atoms with Crippen molar-refractivity contribution >= 4 is 276 Å². The van der Waals surface area contributed by atoms with Gasteiger partial charge in [-0.3, -0.25) is 78.6 Å². The molecule has 6 saturated heterocycles. The number of nitrogen functional groups attached to an aromatic ring is 2. The first kappa shape index (κ1) is 119. The number of nitrogens with zero attached hydrogens (tertiary/aromatic N) is 15. The molecule has 6 aliphatic rings. The Morgan fingerprint density at radius 2 is 0.597 bits per heavy atom. The van der Waals surface area contributed by atoms with Gasteiger partial charge in [-0.15, -0.1) is 68.0 Å². The summed E-state index contributed by atoms with van der Waals surface area (Å²) in [7, 11) is 0.628. The van der Waals surface area contributed by atoms with Crippen molar-refractivity contribution in [2.45, 2.75) is 177 Å². The van der Waals surface area contributed by atoms with Crippen LogP contribution in [0.1, 0.15) is 156 Å². The number of carbonyl (C=O) groups excluding carboxylic acids is 12. The van der Waals surface area contributed by atoms with Crippen LogP contribution >= 0.6 is 168 Å². The molecular formula is C81H121I5N21O19S6V2. The number of nitrogens with one attached hydrogen (secondary N) is 4. The van der Waals surface area contributed by atoms with Crippen molar-refractivity contribution in [2.75, 3.05) is 183 Å². The zero-order valence-corrected chi connectivity index (χ0v) is 95.6. The molecule has 6 aliphatic heterocycles. The van der Waals surface area contributed by atoms with Gasteiger partial charge in [-0.2, -0.15) is 0 Å². The van der Waals surface area contributed by atoms with E-state index >= 15 is 0 Å². The van der Waals surface area contributed by atoms with Crippen LogP contribution < -0.4 is 32.7 Å². The SMILES string of the molecule is CC(=O)Nc1nc(CC(=O)N2CCN(CC(=O)N3CCCC3)CC2)cs1.CC(C)(C)OC(=O)Nc1nc(CC(=O)N2CCN(CC(=O)N3CCCC3)CC2)cs1.CC(C)(C)OC(=O)Nc1nc(CC(=O)O)cs1.CCOC(=O)Cc1csc(N)n1.CCOC(=O)Cc1csc(NC(=O)OC(C)(C)C)n1.Nc1nc(CC(=O)N2CCN(CC(=O)N3CCCC3)CC2)cs1.[I][V]([I])[I].[I][V][I]. The molecule has 0 aliphatic carbocycles. The molecule has 6 aromatic heterocycles. The van der Waals surface area contributed by atoms with Gasteiger partial charge >= 0.3 is 150 Å². The summed E-state index contributed by atoms with van der Waals surface area (Å²) >= 11 is 19.8. The first-order valence-electron chi connectivity index (χ1n) is 42.8. The number of carboxylic acid groups (broad SMARTS) is 1. The van der Waals surface area contributed by atoms with E-state index in [1.807, 2.05) is 34.8 Å². The summed E-state index contributed by atoms with van der Waals surface area (Å²) in [6.07, 6.45) is 5.80. The van der Waals surface area contributed by atoms with Gasteiger partial charge in [0.15, 0.2) is 30.8 Å². The van der Waals surface area contributed by atoms with E-state index in [0.717, 1.165) is 121 Å². The van der Waals surface area contributed by atoms with Gasteiger partial charge in [0.25, 0.3) is 0 Å². The molecule has 0 aromatic carbocycles. The zero-order valence-electron chi connectivity index (χ0n) is 77.1. The van der Waals surface area contributed by atoms with Crippen molar-refractivity contribution in [3.8, 4) is 0 Å². The standard InChI is InChI=1S/C20H31N5O4S.C17H25N5O3S.C15H23N5O2S.C12H18N2O4S.C10H14N2O4S.C7H10N2O2S.5HI.2V/c1-20(2,3)29-19(28)22-18-21-15(14-30-18)12-16(26)25-10-8-23(9-11-25)13-17(27)24-6-4-5-7-24;1-13(23)18-17-19-14(12-26-17)10-15(24)22-8-6-20(7-9-22)11-16(25)21-4-2-3-5-21;16-15-17-12(11-23-15)9-13(21)20-7-5-18(6-8-20)10-14(22)19-3-1-2-4-19;1-5-17-9(15)6-8-7-19-10(13-8)14-11(16)18-12(2,3)4;1-10(2,3)16-9(15)12-8-11-6(5-17-8)4-7(13)14;1-2-11-6(10)3-5-4-12-7(8)9-5;;;;;;;/h14H,4-13H2,1-3H3,(H,21,22,28);12H,2-11H2,1H3,(H,18,19,23);11H,1-10H2,(H2,16,17);7H,5-6H2,1-4H3,(H,13,14,16);5H,4H2,1-3H3,(H,13,14)(H,11,12,15);4H,2-3H2,1H3,(H2,8,9);5*1H;;/q;;;;;;;;;;;+2;+3/p-5. The predicted octanol–water partition coefficient (Wildman–Crippen LogP) is 12.2. The fourth-order valence-corrected chi connectivity index (χ4v) is 16.8. The number of aromatic nitrogens is 6. The molecule has 40 nitrogen and oxygen atoms in total. The number of carboxylic acids is 1. The van der Waals surface area contributed by atoms with Crippen LogP contribution in [0.15, 0.2) is 32.3 Å². The van der Waals surface area contributed by atoms with Gasteiger partial charge < -0.3 is 75.0 Å². The Bertz CT molecular complexity index is 4680. The van der Waals surface area contributed by atoms with Gasteiger partial charge in [0.2, 0.25) is 41.4 Å². The number of ether oxygens (including phenoxy) is 5. The molecule has 6 fully saturated rings. The van der Waals surface area contributed by atoms with Crippen molar-refractivity contribution < 1.29 is 106 Å². The Kier molecular flexibility index (Phi) is 55.7. The maximum atomic E-state index is 12.6. The molecule has 745 valence electrons. The number of nitrogens with two attached hydrogens (primary N) is 2. The Hall–Kier alpha value is -5.41. The Labute approximate surface area is 872 Å². The average molecular weight is 2620 g/mol. The number of piperazine rings is 3. The molecule has 9 N–H and O–H groups in total. The van der Waals surface area contributed by atoms with Gasteiger partial charge in [0.05, 0.1) is 106 Å². The molecule has 12 rings (SSSR count). The number of thiazole rings is 6. The summed E-state index contributed by atoms with van der Waals surface area (Å²) in [5, 5.41) is 31.8. The molecule has 0 spiro atoms. The van der Waals surface area contributed by atoms with Gasteiger partial charge in [-0.05, 0) is 115 Å². The van der Waals surface area contributed by atoms with E-state index in [1.54, 1.807) is 103 Å². The average Bonchev–Trinajstić information content (AvgIpc) is 1.85. The van der Waals surface area contributed by atoms with Gasteiger partial charge in [-0.1, -0.05) is 0 Å². The quantitative estimate of drug-likeness (QED) is 0.0168.